The van der Waals surface area contributed by atoms with Gasteiger partial charge in [0.25, 0.3) is 5.91 Å². The molecule has 0 bridgehead atoms. The molecule has 4 rings (SSSR count). The second-order valence-corrected chi connectivity index (χ2v) is 10.7. The number of rotatable bonds is 6. The first kappa shape index (κ1) is 23.6. The van der Waals surface area contributed by atoms with Crippen LogP contribution in [0.2, 0.25) is 0 Å². The van der Waals surface area contributed by atoms with Crippen molar-refractivity contribution in [2.75, 3.05) is 19.7 Å². The smallest absolute Gasteiger partial charge is 0.251 e. The molecule has 2 aromatic carbocycles. The highest BCUT2D eigenvalue weighted by molar-refractivity contribution is 7.89. The van der Waals surface area contributed by atoms with E-state index in [2.05, 4.69) is 4.99 Å². The number of carbonyl (C=O) groups is 1. The summed E-state index contributed by atoms with van der Waals surface area (Å²) < 4.78 is 48.7. The second-order valence-electron chi connectivity index (χ2n) is 7.77. The number of carbonyl (C=O) groups excluding carboxylic acids is 1. The van der Waals surface area contributed by atoms with Gasteiger partial charge >= 0.3 is 0 Å². The lowest BCUT2D eigenvalue weighted by Crippen LogP contribution is -2.40. The molecule has 176 valence electrons. The number of amides is 1. The van der Waals surface area contributed by atoms with Crippen LogP contribution in [0.25, 0.3) is 10.2 Å². The molecule has 2 heterocycles. The minimum absolute atomic E-state index is 0.0547. The monoisotopic (exact) mass is 491 g/mol. The molecule has 1 saturated heterocycles. The normalized spacial score (nSPS) is 16.4. The van der Waals surface area contributed by atoms with E-state index < -0.39 is 15.8 Å². The van der Waals surface area contributed by atoms with Crippen molar-refractivity contribution in [1.82, 2.24) is 8.87 Å². The molecule has 7 nitrogen and oxygen atoms in total. The number of aromatic nitrogens is 1. The van der Waals surface area contributed by atoms with E-state index in [1.165, 1.54) is 27.8 Å². The van der Waals surface area contributed by atoms with Gasteiger partial charge in [-0.1, -0.05) is 11.3 Å². The number of sulfonamides is 1. The molecule has 1 amide bonds. The summed E-state index contributed by atoms with van der Waals surface area (Å²) in [5.74, 6) is -0.270. The average molecular weight is 492 g/mol. The standard InChI is InChI=1S/C23H26FN3O4S2/c1-3-27-20-10-7-18(31-4-2)15-21(20)32-23(27)25-22(28)16-11-13-26(14-12-16)33(29,30)19-8-5-17(24)6-9-19/h5-10,15-16H,3-4,11-14H2,1-2H3. The molecule has 0 spiro atoms. The number of hydrogen-bond acceptors (Lipinski definition) is 5. The van der Waals surface area contributed by atoms with Crippen LogP contribution in [0.4, 0.5) is 4.39 Å². The molecule has 1 aromatic heterocycles. The van der Waals surface area contributed by atoms with Crippen LogP contribution in [-0.2, 0) is 21.4 Å². The molecule has 0 radical (unpaired) electrons. The van der Waals surface area contributed by atoms with Crippen LogP contribution in [0.5, 0.6) is 5.75 Å². The Kier molecular flexibility index (Phi) is 6.96. The third-order valence-electron chi connectivity index (χ3n) is 5.74. The third-order valence-corrected chi connectivity index (χ3v) is 8.70. The Morgan fingerprint density at radius 1 is 1.15 bits per heavy atom. The molecule has 0 unspecified atom stereocenters. The fraction of sp³-hybridized carbons (Fsp3) is 0.391. The van der Waals surface area contributed by atoms with Gasteiger partial charge in [-0.15, -0.1) is 0 Å². The summed E-state index contributed by atoms with van der Waals surface area (Å²) >= 11 is 1.44. The van der Waals surface area contributed by atoms with Crippen molar-refractivity contribution < 1.29 is 22.3 Å². The van der Waals surface area contributed by atoms with Crippen LogP contribution in [-0.4, -0.2) is 42.9 Å². The maximum absolute atomic E-state index is 13.1. The largest absolute Gasteiger partial charge is 0.494 e. The van der Waals surface area contributed by atoms with Crippen molar-refractivity contribution in [3.63, 3.8) is 0 Å². The molecule has 1 aliphatic heterocycles. The number of aryl methyl sites for hydroxylation is 1. The molecule has 0 aliphatic carbocycles. The predicted molar refractivity (Wildman–Crippen MR) is 125 cm³/mol. The van der Waals surface area contributed by atoms with Gasteiger partial charge in [-0.2, -0.15) is 9.30 Å². The van der Waals surface area contributed by atoms with Gasteiger partial charge in [0.05, 0.1) is 21.7 Å². The van der Waals surface area contributed by atoms with E-state index in [4.69, 9.17) is 4.74 Å². The summed E-state index contributed by atoms with van der Waals surface area (Å²) in [6, 6.07) is 10.6. The van der Waals surface area contributed by atoms with Crippen LogP contribution in [0.1, 0.15) is 26.7 Å². The van der Waals surface area contributed by atoms with Crippen LogP contribution < -0.4 is 9.54 Å². The number of nitrogens with zero attached hydrogens (tertiary/aromatic N) is 3. The molecule has 10 heteroatoms. The Morgan fingerprint density at radius 2 is 1.85 bits per heavy atom. The van der Waals surface area contributed by atoms with Crippen molar-refractivity contribution in [1.29, 1.82) is 0 Å². The third kappa shape index (κ3) is 4.87. The minimum atomic E-state index is -3.71. The molecule has 3 aromatic rings. The van der Waals surface area contributed by atoms with Gasteiger partial charge in [0.2, 0.25) is 10.0 Å². The zero-order chi connectivity index (χ0) is 23.6. The number of halogens is 1. The van der Waals surface area contributed by atoms with Crippen molar-refractivity contribution in [2.45, 2.75) is 38.1 Å². The number of ether oxygens (including phenoxy) is 1. The first-order valence-electron chi connectivity index (χ1n) is 10.9. The summed E-state index contributed by atoms with van der Waals surface area (Å²) in [4.78, 5) is 18.0. The van der Waals surface area contributed by atoms with Crippen LogP contribution >= 0.6 is 11.3 Å². The lowest BCUT2D eigenvalue weighted by Gasteiger charge is -2.29. The zero-order valence-electron chi connectivity index (χ0n) is 18.5. The van der Waals surface area contributed by atoms with E-state index in [1.807, 2.05) is 36.6 Å². The van der Waals surface area contributed by atoms with Crippen molar-refractivity contribution in [3.8, 4) is 5.75 Å². The van der Waals surface area contributed by atoms with Gasteiger partial charge in [0.15, 0.2) is 4.80 Å². The quantitative estimate of drug-likeness (QED) is 0.526. The fourth-order valence-corrected chi connectivity index (χ4v) is 6.58. The Hall–Kier alpha value is -2.56. The van der Waals surface area contributed by atoms with Gasteiger partial charge < -0.3 is 9.30 Å². The summed E-state index contributed by atoms with van der Waals surface area (Å²) in [6.07, 6.45) is 0.794. The Labute approximate surface area is 196 Å². The van der Waals surface area contributed by atoms with E-state index in [1.54, 1.807) is 0 Å². The van der Waals surface area contributed by atoms with Gasteiger partial charge in [-0.25, -0.2) is 12.8 Å². The van der Waals surface area contributed by atoms with Crippen LogP contribution in [0.15, 0.2) is 52.4 Å². The fourth-order valence-electron chi connectivity index (χ4n) is 3.99. The highest BCUT2D eigenvalue weighted by Gasteiger charge is 2.32. The summed E-state index contributed by atoms with van der Waals surface area (Å²) in [7, 11) is -3.71. The van der Waals surface area contributed by atoms with E-state index >= 15 is 0 Å². The van der Waals surface area contributed by atoms with Crippen LogP contribution in [0, 0.1) is 11.7 Å². The Morgan fingerprint density at radius 3 is 2.48 bits per heavy atom. The summed E-state index contributed by atoms with van der Waals surface area (Å²) in [5.41, 5.74) is 0.998. The lowest BCUT2D eigenvalue weighted by molar-refractivity contribution is -0.122. The van der Waals surface area contributed by atoms with Gasteiger partial charge in [0.1, 0.15) is 11.6 Å². The number of piperidine rings is 1. The molecular formula is C23H26FN3O4S2. The van der Waals surface area contributed by atoms with E-state index in [9.17, 15) is 17.6 Å². The first-order chi connectivity index (χ1) is 15.8. The minimum Gasteiger partial charge on any atom is -0.494 e. The molecule has 33 heavy (non-hydrogen) atoms. The summed E-state index contributed by atoms with van der Waals surface area (Å²) in [6.45, 7) is 5.64. The highest BCUT2D eigenvalue weighted by atomic mass is 32.2. The second kappa shape index (κ2) is 9.74. The topological polar surface area (TPSA) is 81.0 Å². The SMILES string of the molecule is CCOc1ccc2c(c1)sc(=NC(=O)C1CCN(S(=O)(=O)c3ccc(F)cc3)CC1)n2CC. The van der Waals surface area contributed by atoms with Gasteiger partial charge in [-0.05, 0) is 69.2 Å². The average Bonchev–Trinajstić information content (AvgIpc) is 3.15. The van der Waals surface area contributed by atoms with Crippen LogP contribution in [0.3, 0.4) is 0 Å². The van der Waals surface area contributed by atoms with Gasteiger partial charge in [-0.3, -0.25) is 4.79 Å². The highest BCUT2D eigenvalue weighted by Crippen LogP contribution is 2.26. The number of fused-ring (bicyclic) bond motifs is 1. The molecule has 1 fully saturated rings. The van der Waals surface area contributed by atoms with E-state index in [0.717, 1.165) is 28.1 Å². The molecule has 0 atom stereocenters. The Balaban J connectivity index is 1.51. The van der Waals surface area contributed by atoms with Crippen molar-refractivity contribution in [2.24, 2.45) is 10.9 Å². The molecule has 0 saturated carbocycles. The number of thiazole rings is 1. The Bertz CT molecular complexity index is 1320. The maximum atomic E-state index is 13.1. The van der Waals surface area contributed by atoms with Gasteiger partial charge in [0, 0.05) is 25.6 Å². The number of benzene rings is 2. The lowest BCUT2D eigenvalue weighted by atomic mass is 9.98. The van der Waals surface area contributed by atoms with Crippen molar-refractivity contribution in [3.05, 3.63) is 53.1 Å². The van der Waals surface area contributed by atoms with Crippen molar-refractivity contribution >= 4 is 37.5 Å². The molecule has 1 aliphatic rings. The summed E-state index contributed by atoms with van der Waals surface area (Å²) in [5, 5.41) is 0. The number of hydrogen-bond donors (Lipinski definition) is 0. The molecular weight excluding hydrogens is 465 g/mol. The van der Waals surface area contributed by atoms with E-state index in [-0.39, 0.29) is 29.8 Å². The zero-order valence-corrected chi connectivity index (χ0v) is 20.2. The van der Waals surface area contributed by atoms with E-state index in [0.29, 0.717) is 30.8 Å². The molecule has 0 N–H and O–H groups in total. The first-order valence-corrected chi connectivity index (χ1v) is 13.2. The maximum Gasteiger partial charge on any atom is 0.251 e. The predicted octanol–water partition coefficient (Wildman–Crippen LogP) is 3.79.